The van der Waals surface area contributed by atoms with E-state index in [1.54, 1.807) is 0 Å². The topological polar surface area (TPSA) is 46.8 Å². The van der Waals surface area contributed by atoms with Gasteiger partial charge >= 0.3 is 0 Å². The van der Waals surface area contributed by atoms with Gasteiger partial charge in [-0.15, -0.1) is 0 Å². The molecule has 0 atom stereocenters. The SMILES string of the molecule is Cc1nccn1CC1CN(c2cnc3cc(Cl)ccc3n2)C1. The Kier molecular flexibility index (Phi) is 3.22. The summed E-state index contributed by atoms with van der Waals surface area (Å²) < 4.78 is 2.20. The summed E-state index contributed by atoms with van der Waals surface area (Å²) in [6, 6.07) is 5.61. The summed E-state index contributed by atoms with van der Waals surface area (Å²) in [5.74, 6) is 2.64. The summed E-state index contributed by atoms with van der Waals surface area (Å²) in [5, 5.41) is 0.689. The molecule has 1 aliphatic rings. The van der Waals surface area contributed by atoms with Crippen molar-refractivity contribution in [3.8, 4) is 0 Å². The first-order valence-electron chi connectivity index (χ1n) is 7.34. The normalized spacial score (nSPS) is 15.3. The molecule has 3 heterocycles. The molecule has 4 rings (SSSR count). The van der Waals surface area contributed by atoms with E-state index < -0.39 is 0 Å². The van der Waals surface area contributed by atoms with Gasteiger partial charge in [0, 0.05) is 43.0 Å². The van der Waals surface area contributed by atoms with Gasteiger partial charge in [0.1, 0.15) is 11.6 Å². The average molecular weight is 314 g/mol. The number of aryl methyl sites for hydroxylation is 1. The zero-order chi connectivity index (χ0) is 15.1. The Morgan fingerprint density at radius 2 is 2.09 bits per heavy atom. The number of benzene rings is 1. The number of fused-ring (bicyclic) bond motifs is 1. The lowest BCUT2D eigenvalue weighted by Crippen LogP contribution is -2.49. The third kappa shape index (κ3) is 2.41. The number of anilines is 1. The Bertz CT molecular complexity index is 822. The Morgan fingerprint density at radius 3 is 2.86 bits per heavy atom. The highest BCUT2D eigenvalue weighted by Crippen LogP contribution is 2.26. The van der Waals surface area contributed by atoms with Gasteiger partial charge in [0.05, 0.1) is 17.2 Å². The largest absolute Gasteiger partial charge is 0.354 e. The second kappa shape index (κ2) is 5.25. The van der Waals surface area contributed by atoms with Crippen molar-refractivity contribution in [3.63, 3.8) is 0 Å². The van der Waals surface area contributed by atoms with E-state index in [2.05, 4.69) is 24.4 Å². The van der Waals surface area contributed by atoms with Crippen molar-refractivity contribution in [1.29, 1.82) is 0 Å². The van der Waals surface area contributed by atoms with Gasteiger partial charge in [0.2, 0.25) is 0 Å². The Labute approximate surface area is 133 Å². The van der Waals surface area contributed by atoms with Gasteiger partial charge in [0.15, 0.2) is 0 Å². The number of halogens is 1. The molecule has 0 aliphatic carbocycles. The third-order valence-electron chi connectivity index (χ3n) is 4.15. The van der Waals surface area contributed by atoms with Crippen LogP contribution in [0.15, 0.2) is 36.8 Å². The standard InChI is InChI=1S/C16H16ClN5/c1-11-18-4-5-21(11)8-12-9-22(10-12)16-7-19-15-6-13(17)2-3-14(15)20-16/h2-7,12H,8-10H2,1H3. The van der Waals surface area contributed by atoms with Crippen LogP contribution < -0.4 is 4.90 Å². The lowest BCUT2D eigenvalue weighted by atomic mass is 10.0. The number of hydrogen-bond donors (Lipinski definition) is 0. The maximum atomic E-state index is 5.97. The third-order valence-corrected chi connectivity index (χ3v) is 4.39. The molecule has 1 fully saturated rings. The summed E-state index contributed by atoms with van der Waals surface area (Å²) in [6.07, 6.45) is 5.72. The molecule has 1 aliphatic heterocycles. The molecule has 0 saturated carbocycles. The van der Waals surface area contributed by atoms with E-state index in [1.807, 2.05) is 43.7 Å². The van der Waals surface area contributed by atoms with Crippen LogP contribution in [0.1, 0.15) is 5.82 Å². The van der Waals surface area contributed by atoms with Crippen LogP contribution in [0.4, 0.5) is 5.82 Å². The average Bonchev–Trinajstić information content (AvgIpc) is 2.87. The van der Waals surface area contributed by atoms with Gasteiger partial charge in [-0.2, -0.15) is 0 Å². The molecule has 0 unspecified atom stereocenters. The van der Waals surface area contributed by atoms with Gasteiger partial charge in [0.25, 0.3) is 0 Å². The fourth-order valence-electron chi connectivity index (χ4n) is 2.87. The number of rotatable bonds is 3. The molecule has 2 aromatic heterocycles. The van der Waals surface area contributed by atoms with Crippen LogP contribution in [0.3, 0.4) is 0 Å². The van der Waals surface area contributed by atoms with Crippen molar-refractivity contribution in [3.05, 3.63) is 47.6 Å². The zero-order valence-corrected chi connectivity index (χ0v) is 13.0. The van der Waals surface area contributed by atoms with Crippen LogP contribution in [-0.4, -0.2) is 32.6 Å². The van der Waals surface area contributed by atoms with E-state index >= 15 is 0 Å². The maximum absolute atomic E-state index is 5.97. The minimum Gasteiger partial charge on any atom is -0.354 e. The van der Waals surface area contributed by atoms with Crippen molar-refractivity contribution in [2.24, 2.45) is 5.92 Å². The molecule has 5 nitrogen and oxygen atoms in total. The van der Waals surface area contributed by atoms with Crippen LogP contribution >= 0.6 is 11.6 Å². The monoisotopic (exact) mass is 313 g/mol. The molecule has 1 saturated heterocycles. The van der Waals surface area contributed by atoms with Gasteiger partial charge in [-0.05, 0) is 25.1 Å². The van der Waals surface area contributed by atoms with E-state index in [1.165, 1.54) is 0 Å². The second-order valence-corrected chi connectivity index (χ2v) is 6.20. The molecule has 0 bridgehead atoms. The van der Waals surface area contributed by atoms with Crippen molar-refractivity contribution in [2.45, 2.75) is 13.5 Å². The number of aromatic nitrogens is 4. The van der Waals surface area contributed by atoms with E-state index in [9.17, 15) is 0 Å². The minimum atomic E-state index is 0.635. The molecule has 0 amide bonds. The lowest BCUT2D eigenvalue weighted by Gasteiger charge is -2.40. The molecule has 6 heteroatoms. The molecular formula is C16H16ClN5. The smallest absolute Gasteiger partial charge is 0.147 e. The van der Waals surface area contributed by atoms with Crippen molar-refractivity contribution in [2.75, 3.05) is 18.0 Å². The number of nitrogens with zero attached hydrogens (tertiary/aromatic N) is 5. The Hall–Kier alpha value is -2.14. The summed E-state index contributed by atoms with van der Waals surface area (Å²) >= 11 is 5.97. The van der Waals surface area contributed by atoms with Gasteiger partial charge in [-0.3, -0.25) is 4.98 Å². The lowest BCUT2D eigenvalue weighted by molar-refractivity contribution is 0.352. The van der Waals surface area contributed by atoms with Crippen LogP contribution in [0, 0.1) is 12.8 Å². The van der Waals surface area contributed by atoms with E-state index in [0.717, 1.165) is 42.3 Å². The summed E-state index contributed by atoms with van der Waals surface area (Å²) in [6.45, 7) is 5.06. The van der Waals surface area contributed by atoms with Crippen molar-refractivity contribution < 1.29 is 0 Å². The van der Waals surface area contributed by atoms with Crippen LogP contribution in [0.2, 0.25) is 5.02 Å². The maximum Gasteiger partial charge on any atom is 0.147 e. The van der Waals surface area contributed by atoms with Crippen LogP contribution in [-0.2, 0) is 6.54 Å². The molecule has 22 heavy (non-hydrogen) atoms. The minimum absolute atomic E-state index is 0.635. The Balaban J connectivity index is 1.46. The highest BCUT2D eigenvalue weighted by Gasteiger charge is 2.28. The van der Waals surface area contributed by atoms with Gasteiger partial charge in [-0.25, -0.2) is 9.97 Å². The highest BCUT2D eigenvalue weighted by molar-refractivity contribution is 6.31. The van der Waals surface area contributed by atoms with Gasteiger partial charge in [-0.1, -0.05) is 11.6 Å². The number of hydrogen-bond acceptors (Lipinski definition) is 4. The van der Waals surface area contributed by atoms with Crippen LogP contribution in [0.5, 0.6) is 0 Å². The predicted molar refractivity (Wildman–Crippen MR) is 87.2 cm³/mol. The first-order valence-corrected chi connectivity index (χ1v) is 7.72. The zero-order valence-electron chi connectivity index (χ0n) is 12.3. The first-order chi connectivity index (χ1) is 10.7. The Morgan fingerprint density at radius 1 is 1.23 bits per heavy atom. The van der Waals surface area contributed by atoms with E-state index in [0.29, 0.717) is 10.9 Å². The quantitative estimate of drug-likeness (QED) is 0.746. The first kappa shape index (κ1) is 13.5. The van der Waals surface area contributed by atoms with Crippen LogP contribution in [0.25, 0.3) is 11.0 Å². The van der Waals surface area contributed by atoms with Crippen molar-refractivity contribution in [1.82, 2.24) is 19.5 Å². The van der Waals surface area contributed by atoms with Crippen molar-refractivity contribution >= 4 is 28.5 Å². The molecule has 1 aromatic carbocycles. The van der Waals surface area contributed by atoms with E-state index in [-0.39, 0.29) is 0 Å². The second-order valence-electron chi connectivity index (χ2n) is 5.76. The summed E-state index contributed by atoms with van der Waals surface area (Å²) in [4.78, 5) is 15.7. The molecule has 0 N–H and O–H groups in total. The van der Waals surface area contributed by atoms with Gasteiger partial charge < -0.3 is 9.47 Å². The highest BCUT2D eigenvalue weighted by atomic mass is 35.5. The fourth-order valence-corrected chi connectivity index (χ4v) is 3.04. The number of imidazole rings is 1. The fraction of sp³-hybridized carbons (Fsp3) is 0.312. The molecule has 112 valence electrons. The predicted octanol–water partition coefficient (Wildman–Crippen LogP) is 2.92. The molecule has 0 radical (unpaired) electrons. The molecule has 3 aromatic rings. The molecule has 0 spiro atoms. The molecular weight excluding hydrogens is 298 g/mol. The summed E-state index contributed by atoms with van der Waals surface area (Å²) in [7, 11) is 0. The summed E-state index contributed by atoms with van der Waals surface area (Å²) in [5.41, 5.74) is 1.72. The van der Waals surface area contributed by atoms with E-state index in [4.69, 9.17) is 11.6 Å².